The van der Waals surface area contributed by atoms with Gasteiger partial charge in [-0.1, -0.05) is 30.3 Å². The number of unbranched alkanes of at least 4 members (excludes halogenated alkanes) is 1. The fraction of sp³-hybridized carbons (Fsp3) is 0.579. The third-order valence-electron chi connectivity index (χ3n) is 10.5. The first-order chi connectivity index (χ1) is 23.2. The topological polar surface area (TPSA) is 98.1 Å². The number of carbonyl (C=O) groups is 1. The van der Waals surface area contributed by atoms with E-state index in [0.29, 0.717) is 31.6 Å². The lowest BCUT2D eigenvalue weighted by Gasteiger charge is -2.43. The van der Waals surface area contributed by atoms with Crippen molar-refractivity contribution in [2.75, 3.05) is 49.6 Å². The highest BCUT2D eigenvalue weighted by molar-refractivity contribution is 5.97. The van der Waals surface area contributed by atoms with Crippen LogP contribution in [0.3, 0.4) is 0 Å². The summed E-state index contributed by atoms with van der Waals surface area (Å²) >= 11 is 0. The Bertz CT molecular complexity index is 1680. The number of nitrogens with zero attached hydrogens (tertiary/aromatic N) is 7. The van der Waals surface area contributed by atoms with Gasteiger partial charge in [0.15, 0.2) is 0 Å². The number of fused-ring (bicyclic) bond motifs is 4. The van der Waals surface area contributed by atoms with Gasteiger partial charge in [-0.3, -0.25) is 4.90 Å². The van der Waals surface area contributed by atoms with E-state index in [4.69, 9.17) is 24.7 Å². The highest BCUT2D eigenvalue weighted by atomic mass is 16.6. The Balaban J connectivity index is 1.19. The molecule has 1 aromatic heterocycles. The Hall–Kier alpha value is -4.10. The lowest BCUT2D eigenvalue weighted by Crippen LogP contribution is -2.57. The number of hydrogen-bond acceptors (Lipinski definition) is 9. The molecule has 3 saturated heterocycles. The van der Waals surface area contributed by atoms with E-state index in [1.807, 2.05) is 25.7 Å². The molecule has 10 heteroatoms. The van der Waals surface area contributed by atoms with Crippen molar-refractivity contribution in [3.63, 3.8) is 0 Å². The van der Waals surface area contributed by atoms with Gasteiger partial charge >= 0.3 is 12.1 Å². The second kappa shape index (κ2) is 13.4. The van der Waals surface area contributed by atoms with Gasteiger partial charge in [0.05, 0.1) is 30.4 Å². The Morgan fingerprint density at radius 3 is 2.50 bits per heavy atom. The van der Waals surface area contributed by atoms with Gasteiger partial charge in [-0.25, -0.2) is 4.79 Å². The van der Waals surface area contributed by atoms with Crippen LogP contribution >= 0.6 is 0 Å². The first kappa shape index (κ1) is 32.4. The highest BCUT2D eigenvalue weighted by Gasteiger charge is 2.45. The monoisotopic (exact) mass is 651 g/mol. The van der Waals surface area contributed by atoms with Gasteiger partial charge in [-0.2, -0.15) is 15.2 Å². The number of likely N-dealkylation sites (N-methyl/N-ethyl adjacent to an activating group) is 1. The molecular weight excluding hydrogens is 602 g/mol. The summed E-state index contributed by atoms with van der Waals surface area (Å²) in [7, 11) is 2.16. The molecular formula is C38H49N7O3. The number of carbonyl (C=O) groups excluding carboxylic acids is 1. The smallest absolute Gasteiger partial charge is 0.410 e. The van der Waals surface area contributed by atoms with E-state index in [-0.39, 0.29) is 18.2 Å². The largest absolute Gasteiger partial charge is 0.462 e. The van der Waals surface area contributed by atoms with Crippen molar-refractivity contribution in [2.45, 2.75) is 102 Å². The number of likely N-dealkylation sites (tertiary alicyclic amines) is 1. The Morgan fingerprint density at radius 2 is 1.79 bits per heavy atom. The zero-order valence-corrected chi connectivity index (χ0v) is 29.0. The fourth-order valence-electron chi connectivity index (χ4n) is 8.20. The first-order valence-electron chi connectivity index (χ1n) is 17.8. The number of anilines is 2. The van der Waals surface area contributed by atoms with Gasteiger partial charge in [-0.05, 0) is 96.3 Å². The molecule has 0 saturated carbocycles. The van der Waals surface area contributed by atoms with Crippen LogP contribution in [0.5, 0.6) is 6.01 Å². The number of aromatic nitrogens is 2. The van der Waals surface area contributed by atoms with Crippen LogP contribution in [0.2, 0.25) is 0 Å². The van der Waals surface area contributed by atoms with E-state index in [2.05, 4.69) is 64.2 Å². The van der Waals surface area contributed by atoms with Gasteiger partial charge in [0.25, 0.3) is 0 Å². The van der Waals surface area contributed by atoms with Crippen molar-refractivity contribution in [1.29, 1.82) is 5.26 Å². The maximum Gasteiger partial charge on any atom is 0.410 e. The van der Waals surface area contributed by atoms with Crippen molar-refractivity contribution < 1.29 is 14.3 Å². The summed E-state index contributed by atoms with van der Waals surface area (Å²) in [6.07, 6.45) is 7.15. The quantitative estimate of drug-likeness (QED) is 0.268. The molecule has 1 amide bonds. The Kier molecular flexibility index (Phi) is 9.08. The molecule has 0 radical (unpaired) electrons. The maximum absolute atomic E-state index is 13.2. The second-order valence-corrected chi connectivity index (χ2v) is 15.0. The molecule has 3 fully saturated rings. The predicted octanol–water partition coefficient (Wildman–Crippen LogP) is 6.10. The minimum atomic E-state index is -0.521. The normalized spacial score (nSPS) is 22.6. The lowest BCUT2D eigenvalue weighted by atomic mass is 9.96. The molecule has 3 atom stereocenters. The summed E-state index contributed by atoms with van der Waals surface area (Å²) in [5.74, 6) is 0.963. The molecule has 2 bridgehead atoms. The van der Waals surface area contributed by atoms with E-state index in [0.717, 1.165) is 76.2 Å². The van der Waals surface area contributed by atoms with Crippen LogP contribution < -0.4 is 14.5 Å². The number of piperazine rings is 1. The summed E-state index contributed by atoms with van der Waals surface area (Å²) in [5.41, 5.74) is 4.19. The van der Waals surface area contributed by atoms with Gasteiger partial charge in [-0.15, -0.1) is 0 Å². The molecule has 4 aliphatic heterocycles. The average molecular weight is 652 g/mol. The molecule has 4 aliphatic rings. The molecule has 5 heterocycles. The van der Waals surface area contributed by atoms with E-state index >= 15 is 0 Å². The number of amides is 1. The standard InChI is InChI=1S/C38H49N7O3/c1-38(2,3)48-37(46)45-28-16-17-29(45)23-44(22-28)35-31-18-21-43(24-32(31)40-36(41-35)47-25-30-14-9-20-42(30)4)33-15-8-13-27-12-7-11-26(34(27)33)10-5-6-19-39/h7-8,11-13,15,28-30H,5-6,9-10,14,16-18,20-25H2,1-4H3/t28-,29+,30-/m0/s1. The highest BCUT2D eigenvalue weighted by Crippen LogP contribution is 2.39. The number of nitriles is 1. The second-order valence-electron chi connectivity index (χ2n) is 15.0. The minimum absolute atomic E-state index is 0.0935. The number of aryl methyl sites for hydroxylation is 1. The van der Waals surface area contributed by atoms with Crippen LogP contribution in [0.15, 0.2) is 36.4 Å². The molecule has 48 heavy (non-hydrogen) atoms. The van der Waals surface area contributed by atoms with Gasteiger partial charge in [0.1, 0.15) is 18.0 Å². The fourth-order valence-corrected chi connectivity index (χ4v) is 8.20. The number of ether oxygens (including phenoxy) is 2. The summed E-state index contributed by atoms with van der Waals surface area (Å²) in [5, 5.41) is 11.7. The number of rotatable bonds is 8. The molecule has 0 N–H and O–H groups in total. The van der Waals surface area contributed by atoms with E-state index in [1.165, 1.54) is 34.0 Å². The summed E-state index contributed by atoms with van der Waals surface area (Å²) in [6, 6.07) is 16.4. The average Bonchev–Trinajstić information content (AvgIpc) is 3.60. The molecule has 0 aliphatic carbocycles. The zero-order chi connectivity index (χ0) is 33.4. The number of benzene rings is 2. The van der Waals surface area contributed by atoms with Gasteiger partial charge < -0.3 is 24.2 Å². The first-order valence-corrected chi connectivity index (χ1v) is 17.8. The summed E-state index contributed by atoms with van der Waals surface area (Å²) in [6.45, 7) is 10.4. The van der Waals surface area contributed by atoms with Crippen LogP contribution in [0, 0.1) is 11.3 Å². The molecule has 0 unspecified atom stereocenters. The summed E-state index contributed by atoms with van der Waals surface area (Å²) in [4.78, 5) is 32.6. The van der Waals surface area contributed by atoms with Crippen molar-refractivity contribution in [2.24, 2.45) is 0 Å². The van der Waals surface area contributed by atoms with Crippen LogP contribution in [-0.2, 0) is 24.1 Å². The maximum atomic E-state index is 13.2. The van der Waals surface area contributed by atoms with E-state index in [1.54, 1.807) is 0 Å². The molecule has 10 nitrogen and oxygen atoms in total. The third kappa shape index (κ3) is 6.62. The van der Waals surface area contributed by atoms with Crippen molar-refractivity contribution in [1.82, 2.24) is 19.8 Å². The van der Waals surface area contributed by atoms with E-state index in [9.17, 15) is 4.79 Å². The van der Waals surface area contributed by atoms with Crippen LogP contribution in [0.25, 0.3) is 10.8 Å². The molecule has 254 valence electrons. The van der Waals surface area contributed by atoms with E-state index < -0.39 is 5.60 Å². The van der Waals surface area contributed by atoms with Crippen LogP contribution in [0.1, 0.15) is 76.1 Å². The molecule has 7 rings (SSSR count). The molecule has 3 aromatic rings. The molecule has 0 spiro atoms. The Labute approximate surface area is 284 Å². The van der Waals surface area contributed by atoms with Crippen molar-refractivity contribution in [3.05, 3.63) is 53.2 Å². The van der Waals surface area contributed by atoms with Crippen molar-refractivity contribution >= 4 is 28.4 Å². The zero-order valence-electron chi connectivity index (χ0n) is 29.0. The van der Waals surface area contributed by atoms with Gasteiger partial charge in [0, 0.05) is 48.7 Å². The third-order valence-corrected chi connectivity index (χ3v) is 10.5. The molecule has 2 aromatic carbocycles. The van der Waals surface area contributed by atoms with Crippen molar-refractivity contribution in [3.8, 4) is 12.1 Å². The Morgan fingerprint density at radius 1 is 1.02 bits per heavy atom. The lowest BCUT2D eigenvalue weighted by molar-refractivity contribution is 0.0122. The number of hydrogen-bond donors (Lipinski definition) is 0. The minimum Gasteiger partial charge on any atom is -0.462 e. The predicted molar refractivity (Wildman–Crippen MR) is 188 cm³/mol. The summed E-state index contributed by atoms with van der Waals surface area (Å²) < 4.78 is 12.2. The van der Waals surface area contributed by atoms with Crippen LogP contribution in [0.4, 0.5) is 16.3 Å². The van der Waals surface area contributed by atoms with Gasteiger partial charge in [0.2, 0.25) is 0 Å². The van der Waals surface area contributed by atoms with Crippen LogP contribution in [-0.4, -0.2) is 89.4 Å². The SMILES string of the molecule is CN1CCC[C@H]1COc1nc2c(c(N3C[C@H]4CC[C@@H](C3)N4C(=O)OC(C)(C)C)n1)CCN(c1cccc3cccc(CCCC#N)c13)C2.